The number of hydrogen-bond donors (Lipinski definition) is 1. The molecule has 0 aromatic carbocycles. The van der Waals surface area contributed by atoms with Crippen LogP contribution in [0.2, 0.25) is 0 Å². The lowest BCUT2D eigenvalue weighted by atomic mass is 9.88. The van der Waals surface area contributed by atoms with Gasteiger partial charge in [-0.05, 0) is 38.5 Å². The van der Waals surface area contributed by atoms with E-state index in [9.17, 15) is 0 Å². The van der Waals surface area contributed by atoms with Crippen LogP contribution in [0.25, 0.3) is 0 Å². The van der Waals surface area contributed by atoms with E-state index in [4.69, 9.17) is 0 Å². The number of piperidine rings is 1. The molecule has 2 rings (SSSR count). The Balaban J connectivity index is 2.00. The number of rotatable bonds is 0. The van der Waals surface area contributed by atoms with Crippen molar-refractivity contribution in [3.8, 4) is 0 Å². The van der Waals surface area contributed by atoms with Gasteiger partial charge in [-0.2, -0.15) is 0 Å². The monoisotopic (exact) mass is 139 g/mol. The van der Waals surface area contributed by atoms with Crippen LogP contribution in [0.1, 0.15) is 39.5 Å². The van der Waals surface area contributed by atoms with E-state index in [0.717, 1.165) is 12.0 Å². The van der Waals surface area contributed by atoms with Crippen molar-refractivity contribution in [3.63, 3.8) is 0 Å². The highest BCUT2D eigenvalue weighted by Crippen LogP contribution is 2.45. The molecular formula is C9H17N. The maximum absolute atomic E-state index is 3.70. The molecule has 1 N–H and O–H groups in total. The van der Waals surface area contributed by atoms with Gasteiger partial charge in [-0.3, -0.25) is 0 Å². The predicted octanol–water partition coefficient (Wildman–Crippen LogP) is 1.93. The minimum Gasteiger partial charge on any atom is -0.309 e. The van der Waals surface area contributed by atoms with Crippen LogP contribution in [0, 0.1) is 5.92 Å². The molecule has 0 bridgehead atoms. The van der Waals surface area contributed by atoms with Crippen molar-refractivity contribution in [2.24, 2.45) is 5.92 Å². The molecule has 1 heteroatoms. The zero-order valence-corrected chi connectivity index (χ0v) is 6.98. The van der Waals surface area contributed by atoms with E-state index in [1.165, 1.54) is 25.7 Å². The van der Waals surface area contributed by atoms with E-state index >= 15 is 0 Å². The van der Waals surface area contributed by atoms with Gasteiger partial charge >= 0.3 is 0 Å². The van der Waals surface area contributed by atoms with Gasteiger partial charge in [0.15, 0.2) is 0 Å². The zero-order valence-electron chi connectivity index (χ0n) is 6.98. The van der Waals surface area contributed by atoms with E-state index in [1.807, 2.05) is 0 Å². The summed E-state index contributed by atoms with van der Waals surface area (Å²) < 4.78 is 0. The SMILES string of the molecule is C[C@@H]1C[C@H](C)NC2(CC2)C1. The first kappa shape index (κ1) is 6.66. The Hall–Kier alpha value is -0.0400. The third kappa shape index (κ3) is 1.07. The van der Waals surface area contributed by atoms with Crippen molar-refractivity contribution < 1.29 is 0 Å². The lowest BCUT2D eigenvalue weighted by molar-refractivity contribution is 0.252. The quantitative estimate of drug-likeness (QED) is 0.540. The third-order valence-electron chi connectivity index (χ3n) is 2.90. The van der Waals surface area contributed by atoms with Gasteiger partial charge in [0.05, 0.1) is 0 Å². The Morgan fingerprint density at radius 3 is 2.50 bits per heavy atom. The van der Waals surface area contributed by atoms with Gasteiger partial charge in [-0.15, -0.1) is 0 Å². The number of hydrogen-bond acceptors (Lipinski definition) is 1. The molecule has 10 heavy (non-hydrogen) atoms. The lowest BCUT2D eigenvalue weighted by Gasteiger charge is -2.33. The Morgan fingerprint density at radius 2 is 2.00 bits per heavy atom. The van der Waals surface area contributed by atoms with Crippen molar-refractivity contribution in [1.82, 2.24) is 5.32 Å². The molecule has 0 aromatic rings. The van der Waals surface area contributed by atoms with Crippen LogP contribution in [0.3, 0.4) is 0 Å². The molecule has 0 radical (unpaired) electrons. The van der Waals surface area contributed by atoms with Gasteiger partial charge in [-0.25, -0.2) is 0 Å². The van der Waals surface area contributed by atoms with Crippen LogP contribution in [0.4, 0.5) is 0 Å². The van der Waals surface area contributed by atoms with Crippen LogP contribution in [-0.4, -0.2) is 11.6 Å². The largest absolute Gasteiger partial charge is 0.309 e. The summed E-state index contributed by atoms with van der Waals surface area (Å²) in [5.74, 6) is 0.957. The van der Waals surface area contributed by atoms with Gasteiger partial charge in [-0.1, -0.05) is 6.92 Å². The molecule has 1 aliphatic carbocycles. The van der Waals surface area contributed by atoms with Gasteiger partial charge in [0.2, 0.25) is 0 Å². The van der Waals surface area contributed by atoms with Crippen LogP contribution < -0.4 is 5.32 Å². The highest BCUT2D eigenvalue weighted by atomic mass is 15.1. The van der Waals surface area contributed by atoms with Crippen LogP contribution in [0.15, 0.2) is 0 Å². The minimum absolute atomic E-state index is 0.622. The Morgan fingerprint density at radius 1 is 1.30 bits per heavy atom. The van der Waals surface area contributed by atoms with Crippen molar-refractivity contribution >= 4 is 0 Å². The molecule has 1 saturated heterocycles. The summed E-state index contributed by atoms with van der Waals surface area (Å²) in [5, 5.41) is 3.70. The van der Waals surface area contributed by atoms with E-state index in [1.54, 1.807) is 0 Å². The topological polar surface area (TPSA) is 12.0 Å². The first-order chi connectivity index (χ1) is 4.70. The van der Waals surface area contributed by atoms with Crippen molar-refractivity contribution in [1.29, 1.82) is 0 Å². The zero-order chi connectivity index (χ0) is 7.19. The summed E-state index contributed by atoms with van der Waals surface area (Å²) >= 11 is 0. The molecule has 1 spiro atoms. The molecule has 1 heterocycles. The summed E-state index contributed by atoms with van der Waals surface area (Å²) in [7, 11) is 0. The Labute approximate surface area is 63.2 Å². The third-order valence-corrected chi connectivity index (χ3v) is 2.90. The van der Waals surface area contributed by atoms with Crippen LogP contribution in [-0.2, 0) is 0 Å². The van der Waals surface area contributed by atoms with E-state index in [2.05, 4.69) is 19.2 Å². The van der Waals surface area contributed by atoms with Crippen LogP contribution in [0.5, 0.6) is 0 Å². The molecule has 2 fully saturated rings. The standard InChI is InChI=1S/C9H17N/c1-7-5-8(2)10-9(6-7)3-4-9/h7-8,10H,3-6H2,1-2H3/t7-,8+/m1/s1. The molecule has 0 unspecified atom stereocenters. The highest BCUT2D eigenvalue weighted by molar-refractivity contribution is 5.06. The fraction of sp³-hybridized carbons (Fsp3) is 1.00. The normalized spacial score (nSPS) is 43.8. The van der Waals surface area contributed by atoms with E-state index < -0.39 is 0 Å². The van der Waals surface area contributed by atoms with Gasteiger partial charge in [0, 0.05) is 11.6 Å². The second-order valence-electron chi connectivity index (χ2n) is 4.37. The summed E-state index contributed by atoms with van der Waals surface area (Å²) in [6.45, 7) is 4.70. The molecule has 2 aliphatic rings. The second-order valence-corrected chi connectivity index (χ2v) is 4.37. The number of nitrogens with one attached hydrogen (secondary N) is 1. The summed E-state index contributed by atoms with van der Waals surface area (Å²) in [6, 6.07) is 0.770. The Kier molecular flexibility index (Phi) is 1.31. The predicted molar refractivity (Wildman–Crippen MR) is 43.0 cm³/mol. The molecule has 1 nitrogen and oxygen atoms in total. The fourth-order valence-corrected chi connectivity index (χ4v) is 2.49. The molecule has 1 aliphatic heterocycles. The van der Waals surface area contributed by atoms with E-state index in [0.29, 0.717) is 5.54 Å². The van der Waals surface area contributed by atoms with Crippen molar-refractivity contribution in [2.75, 3.05) is 0 Å². The highest BCUT2D eigenvalue weighted by Gasteiger charge is 2.46. The lowest BCUT2D eigenvalue weighted by Crippen LogP contribution is -2.45. The smallest absolute Gasteiger partial charge is 0.0187 e. The fourth-order valence-electron chi connectivity index (χ4n) is 2.49. The molecule has 0 amide bonds. The summed E-state index contributed by atoms with van der Waals surface area (Å²) in [4.78, 5) is 0. The van der Waals surface area contributed by atoms with Crippen molar-refractivity contribution in [2.45, 2.75) is 51.1 Å². The van der Waals surface area contributed by atoms with Gasteiger partial charge in [0.1, 0.15) is 0 Å². The minimum atomic E-state index is 0.622. The average molecular weight is 139 g/mol. The Bertz CT molecular complexity index is 126. The summed E-state index contributed by atoms with van der Waals surface area (Å²) in [5.41, 5.74) is 0.622. The molecular weight excluding hydrogens is 122 g/mol. The molecule has 0 aromatic heterocycles. The van der Waals surface area contributed by atoms with Gasteiger partial charge in [0.25, 0.3) is 0 Å². The van der Waals surface area contributed by atoms with Gasteiger partial charge < -0.3 is 5.32 Å². The maximum Gasteiger partial charge on any atom is 0.0187 e. The van der Waals surface area contributed by atoms with Crippen molar-refractivity contribution in [3.05, 3.63) is 0 Å². The molecule has 1 saturated carbocycles. The van der Waals surface area contributed by atoms with E-state index in [-0.39, 0.29) is 0 Å². The first-order valence-electron chi connectivity index (χ1n) is 4.48. The average Bonchev–Trinajstić information content (AvgIpc) is 2.44. The summed E-state index contributed by atoms with van der Waals surface area (Å²) in [6.07, 6.45) is 5.67. The van der Waals surface area contributed by atoms with Crippen LogP contribution >= 0.6 is 0 Å². The second kappa shape index (κ2) is 1.97. The maximum atomic E-state index is 3.70. The molecule has 58 valence electrons. The molecule has 2 atom stereocenters. The first-order valence-corrected chi connectivity index (χ1v) is 4.48.